The molecule has 0 aliphatic carbocycles. The molecule has 11 nitrogen and oxygen atoms in total. The SMILES string of the molecule is COC(=O)/C=C(/Nc1ccc(C)c(OC)c1)C(=O)OC.COC(=O)c1cc(=O)c2cc(C)c(OC)cc2[nH]1.F.FF.FF.FF. The van der Waals surface area contributed by atoms with Crippen LogP contribution >= 0.6 is 0 Å². The van der Waals surface area contributed by atoms with Crippen molar-refractivity contribution in [3.63, 3.8) is 0 Å². The van der Waals surface area contributed by atoms with Crippen molar-refractivity contribution in [2.24, 2.45) is 0 Å². The number of hydrogen-bond acceptors (Lipinski definition) is 10. The second kappa shape index (κ2) is 24.2. The molecule has 0 fully saturated rings. The van der Waals surface area contributed by atoms with Crippen LogP contribution in [-0.2, 0) is 23.8 Å². The summed E-state index contributed by atoms with van der Waals surface area (Å²) in [6.45, 7) is 3.75. The number of methoxy groups -OCH3 is 5. The van der Waals surface area contributed by atoms with Gasteiger partial charge in [0, 0.05) is 56.7 Å². The molecule has 0 bridgehead atoms. The van der Waals surface area contributed by atoms with Crippen molar-refractivity contribution in [3.8, 4) is 11.5 Å². The molecule has 0 unspecified atom stereocenters. The third-order valence-corrected chi connectivity index (χ3v) is 5.31. The van der Waals surface area contributed by atoms with Gasteiger partial charge in [-0.25, -0.2) is 14.4 Å². The number of ether oxygens (including phenoxy) is 5. The van der Waals surface area contributed by atoms with Crippen molar-refractivity contribution < 1.29 is 70.2 Å². The Balaban J connectivity index is -0.000000661. The van der Waals surface area contributed by atoms with E-state index in [0.29, 0.717) is 28.1 Å². The molecular formula is C27H31F7N2O9. The fourth-order valence-electron chi connectivity index (χ4n) is 3.31. The van der Waals surface area contributed by atoms with E-state index >= 15 is 0 Å². The predicted molar refractivity (Wildman–Crippen MR) is 150 cm³/mol. The third-order valence-electron chi connectivity index (χ3n) is 5.31. The first-order valence-electron chi connectivity index (χ1n) is 11.6. The molecule has 0 amide bonds. The second-order valence-corrected chi connectivity index (χ2v) is 7.79. The van der Waals surface area contributed by atoms with Gasteiger partial charge >= 0.3 is 17.9 Å². The highest BCUT2D eigenvalue weighted by Gasteiger charge is 2.14. The summed E-state index contributed by atoms with van der Waals surface area (Å²) in [6, 6.07) is 9.95. The van der Waals surface area contributed by atoms with Crippen molar-refractivity contribution in [3.05, 3.63) is 75.2 Å². The summed E-state index contributed by atoms with van der Waals surface area (Å²) in [4.78, 5) is 49.0. The van der Waals surface area contributed by atoms with E-state index in [0.717, 1.165) is 17.2 Å². The van der Waals surface area contributed by atoms with Crippen LogP contribution in [0.15, 0.2) is 53.0 Å². The summed E-state index contributed by atoms with van der Waals surface area (Å²) in [5, 5.41) is 3.32. The van der Waals surface area contributed by atoms with Crippen LogP contribution in [0.5, 0.6) is 11.5 Å². The molecule has 0 radical (unpaired) electrons. The van der Waals surface area contributed by atoms with Gasteiger partial charge in [0.05, 0.1) is 47.1 Å². The molecule has 1 aromatic heterocycles. The van der Waals surface area contributed by atoms with E-state index < -0.39 is 17.9 Å². The first kappa shape index (κ1) is 44.2. The number of rotatable bonds is 7. The molecule has 0 saturated heterocycles. The second-order valence-electron chi connectivity index (χ2n) is 7.79. The Morgan fingerprint density at radius 1 is 0.756 bits per heavy atom. The minimum atomic E-state index is -0.671. The average molecular weight is 661 g/mol. The van der Waals surface area contributed by atoms with Crippen LogP contribution < -0.4 is 20.2 Å². The number of pyridine rings is 1. The Morgan fingerprint density at radius 2 is 1.31 bits per heavy atom. The lowest BCUT2D eigenvalue weighted by molar-refractivity contribution is -0.138. The number of nitrogens with one attached hydrogen (secondary N) is 2. The normalized spacial score (nSPS) is 9.31. The molecule has 252 valence electrons. The molecule has 3 aromatic rings. The molecule has 2 N–H and O–H groups in total. The lowest BCUT2D eigenvalue weighted by atomic mass is 10.1. The van der Waals surface area contributed by atoms with Gasteiger partial charge in [0.2, 0.25) is 0 Å². The van der Waals surface area contributed by atoms with E-state index in [4.69, 9.17) is 36.9 Å². The van der Waals surface area contributed by atoms with Gasteiger partial charge in [0.1, 0.15) is 22.9 Å². The number of hydrogen-bond donors (Lipinski definition) is 2. The summed E-state index contributed by atoms with van der Waals surface area (Å²) in [6.07, 6.45) is 1.03. The predicted octanol–water partition coefficient (Wildman–Crippen LogP) is 5.95. The highest BCUT2D eigenvalue weighted by molar-refractivity contribution is 5.98. The first-order chi connectivity index (χ1) is 21.1. The number of carbonyl (C=O) groups is 3. The van der Waals surface area contributed by atoms with Gasteiger partial charge in [-0.3, -0.25) is 9.50 Å². The van der Waals surface area contributed by atoms with E-state index in [-0.39, 0.29) is 21.5 Å². The van der Waals surface area contributed by atoms with E-state index in [2.05, 4.69) is 24.5 Å². The summed E-state index contributed by atoms with van der Waals surface area (Å²) in [5.74, 6) is -0.585. The molecule has 18 heteroatoms. The summed E-state index contributed by atoms with van der Waals surface area (Å²) < 4.78 is 72.0. The van der Waals surface area contributed by atoms with E-state index in [9.17, 15) is 19.2 Å². The molecule has 0 atom stereocenters. The molecule has 45 heavy (non-hydrogen) atoms. The topological polar surface area (TPSA) is 142 Å². The van der Waals surface area contributed by atoms with Gasteiger partial charge in [0.15, 0.2) is 5.43 Å². The minimum absolute atomic E-state index is 0. The van der Waals surface area contributed by atoms with E-state index in [1.807, 2.05) is 19.9 Å². The molecule has 0 spiro atoms. The minimum Gasteiger partial charge on any atom is -0.496 e. The maximum Gasteiger partial charge on any atom is 0.354 e. The zero-order chi connectivity index (χ0) is 34.4. The molecule has 2 aromatic carbocycles. The number of carbonyl (C=O) groups excluding carboxylic acids is 3. The van der Waals surface area contributed by atoms with Crippen molar-refractivity contribution in [2.75, 3.05) is 40.9 Å². The highest BCUT2D eigenvalue weighted by atomic mass is 20.0. The number of fused-ring (bicyclic) bond motifs is 1. The van der Waals surface area contributed by atoms with Gasteiger partial charge in [-0.2, -0.15) is 0 Å². The number of aryl methyl sites for hydroxylation is 2. The first-order valence-corrected chi connectivity index (χ1v) is 11.6. The van der Waals surface area contributed by atoms with Gasteiger partial charge in [-0.1, -0.05) is 6.07 Å². The Kier molecular flexibility index (Phi) is 23.7. The van der Waals surface area contributed by atoms with Gasteiger partial charge in [-0.05, 0) is 37.1 Å². The quantitative estimate of drug-likeness (QED) is 0.135. The Morgan fingerprint density at radius 3 is 1.80 bits per heavy atom. The number of H-pyrrole nitrogens is 1. The van der Waals surface area contributed by atoms with Crippen LogP contribution in [0.3, 0.4) is 0 Å². The number of aromatic amines is 1. The average Bonchev–Trinajstić information content (AvgIpc) is 3.07. The number of aromatic nitrogens is 1. The number of anilines is 1. The lowest BCUT2D eigenvalue weighted by Crippen LogP contribution is -2.15. The van der Waals surface area contributed by atoms with Crippen LogP contribution in [0.25, 0.3) is 10.9 Å². The Labute approximate surface area is 251 Å². The smallest absolute Gasteiger partial charge is 0.354 e. The largest absolute Gasteiger partial charge is 0.496 e. The fourth-order valence-corrected chi connectivity index (χ4v) is 3.31. The number of esters is 3. The lowest BCUT2D eigenvalue weighted by Gasteiger charge is -2.11. The highest BCUT2D eigenvalue weighted by Crippen LogP contribution is 2.24. The zero-order valence-corrected chi connectivity index (χ0v) is 24.9. The van der Waals surface area contributed by atoms with E-state index in [1.54, 1.807) is 38.5 Å². The Bertz CT molecular complexity index is 1450. The maximum atomic E-state index is 11.9. The molecule has 0 aliphatic heterocycles. The van der Waals surface area contributed by atoms with Crippen LogP contribution in [0.2, 0.25) is 0 Å². The molecule has 0 saturated carbocycles. The summed E-state index contributed by atoms with van der Waals surface area (Å²) >= 11 is 0. The van der Waals surface area contributed by atoms with Crippen molar-refractivity contribution in [2.45, 2.75) is 13.8 Å². The van der Waals surface area contributed by atoms with Crippen LogP contribution in [0.1, 0.15) is 21.6 Å². The standard InChI is InChI=1S/C14H17NO5.C13H13NO4.3F2.FH/c1-9-5-6-10(7-12(9)18-2)15-11(14(17)20-4)8-13(16)19-3;1-7-4-8-9(6-12(7)17-2)14-10(5-11(8)15)13(16)18-3;3*1-2;/h5-8,15H,1-4H3;4-6H,1-3H3,(H,14,15);;;;1H/b11-8+;;;;;. The zero-order valence-electron chi connectivity index (χ0n) is 24.9. The van der Waals surface area contributed by atoms with Crippen LogP contribution in [0.4, 0.5) is 37.8 Å². The number of halogens is 7. The van der Waals surface area contributed by atoms with Gasteiger partial charge in [-0.15, -0.1) is 0 Å². The molecule has 3 rings (SSSR count). The van der Waals surface area contributed by atoms with E-state index in [1.165, 1.54) is 27.4 Å². The van der Waals surface area contributed by atoms with Crippen LogP contribution in [-0.4, -0.2) is 58.4 Å². The maximum absolute atomic E-state index is 11.9. The summed E-state index contributed by atoms with van der Waals surface area (Å²) in [7, 11) is 6.82. The van der Waals surface area contributed by atoms with Gasteiger partial charge in [0.25, 0.3) is 0 Å². The number of benzene rings is 2. The molecular weight excluding hydrogens is 629 g/mol. The Hall–Kier alpha value is -5.29. The van der Waals surface area contributed by atoms with Crippen molar-refractivity contribution in [1.82, 2.24) is 4.98 Å². The molecule has 1 heterocycles. The fraction of sp³-hybridized carbons (Fsp3) is 0.259. The van der Waals surface area contributed by atoms with Gasteiger partial charge < -0.3 is 34.0 Å². The van der Waals surface area contributed by atoms with Crippen LogP contribution in [0, 0.1) is 13.8 Å². The van der Waals surface area contributed by atoms with Crippen molar-refractivity contribution >= 4 is 34.5 Å². The molecule has 0 aliphatic rings. The van der Waals surface area contributed by atoms with Crippen molar-refractivity contribution in [1.29, 1.82) is 0 Å². The monoisotopic (exact) mass is 660 g/mol. The third kappa shape index (κ3) is 13.7. The summed E-state index contributed by atoms with van der Waals surface area (Å²) in [5.41, 5.74) is 2.83.